The quantitative estimate of drug-likeness (QED) is 0.178. The molecule has 10 nitrogen and oxygen atoms in total. The molecule has 6 atom stereocenters. The van der Waals surface area contributed by atoms with Crippen LogP contribution in [0.5, 0.6) is 5.75 Å². The van der Waals surface area contributed by atoms with Crippen LogP contribution in [-0.4, -0.2) is 70.6 Å². The van der Waals surface area contributed by atoms with Gasteiger partial charge in [0.1, 0.15) is 18.2 Å². The standard InChI is InChI=1S/C46H55BN4O6/c1-6-40(47-56-39-25-34-24-38(44(34,2)3)46(39,5)57-47)49-41(53)37-26-36(52)20-19-33(37)28-51(43(54)55-30-32-16-11-8-12-17-32)35-27-48-42-45(4,22-23-50(42)29-35)21-13-18-31-14-9-7-10-15-31/h7-20,26-27,34,38-40,52H,6,21-25,28-30H2,1-5H3,(H,49,53)/t34-,38-,39+,40-,45+,46-/m0/s1. The van der Waals surface area contributed by atoms with Crippen LogP contribution in [-0.2, 0) is 27.2 Å². The molecule has 0 spiro atoms. The van der Waals surface area contributed by atoms with Crippen LogP contribution in [0.3, 0.4) is 0 Å². The van der Waals surface area contributed by atoms with Crippen molar-refractivity contribution in [3.05, 3.63) is 119 Å². The van der Waals surface area contributed by atoms with E-state index in [0.29, 0.717) is 36.1 Å². The molecule has 3 heterocycles. The van der Waals surface area contributed by atoms with Crippen LogP contribution in [0, 0.1) is 22.7 Å². The Morgan fingerprint density at radius 2 is 1.82 bits per heavy atom. The number of allylic oxidation sites excluding steroid dienone is 1. The topological polar surface area (TPSA) is 113 Å². The van der Waals surface area contributed by atoms with Crippen LogP contribution < -0.4 is 5.32 Å². The molecule has 2 N–H and O–H groups in total. The van der Waals surface area contributed by atoms with Crippen molar-refractivity contribution < 1.29 is 28.7 Å². The first-order valence-electron chi connectivity index (χ1n) is 20.6. The highest BCUT2D eigenvalue weighted by atomic mass is 16.7. The molecule has 6 aliphatic rings. The summed E-state index contributed by atoms with van der Waals surface area (Å²) in [7, 11) is -0.589. The predicted molar refractivity (Wildman–Crippen MR) is 222 cm³/mol. The minimum Gasteiger partial charge on any atom is -0.508 e. The van der Waals surface area contributed by atoms with Gasteiger partial charge in [-0.05, 0) is 85.1 Å². The van der Waals surface area contributed by atoms with E-state index in [1.54, 1.807) is 23.2 Å². The zero-order chi connectivity index (χ0) is 40.0. The van der Waals surface area contributed by atoms with Crippen LogP contribution in [0.25, 0.3) is 6.08 Å². The number of phenols is 1. The number of hydrogen-bond acceptors (Lipinski definition) is 8. The van der Waals surface area contributed by atoms with E-state index in [1.165, 1.54) is 6.07 Å². The second-order valence-corrected chi connectivity index (χ2v) is 17.6. The Kier molecular flexibility index (Phi) is 10.6. The maximum Gasteiger partial charge on any atom is 0.481 e. The number of benzene rings is 3. The van der Waals surface area contributed by atoms with E-state index in [2.05, 4.69) is 62.2 Å². The van der Waals surface area contributed by atoms with Gasteiger partial charge in [0.25, 0.3) is 5.91 Å². The zero-order valence-corrected chi connectivity index (χ0v) is 33.8. The first-order chi connectivity index (χ1) is 27.4. The molecular formula is C46H55BN4O6. The first-order valence-corrected chi connectivity index (χ1v) is 20.6. The summed E-state index contributed by atoms with van der Waals surface area (Å²) in [5.74, 6) is 1.18. The number of ether oxygens (including phenoxy) is 1. The van der Waals surface area contributed by atoms with Gasteiger partial charge >= 0.3 is 13.2 Å². The fraction of sp³-hybridized carbons (Fsp3) is 0.457. The molecule has 57 heavy (non-hydrogen) atoms. The maximum atomic E-state index is 14.2. The fourth-order valence-corrected chi connectivity index (χ4v) is 9.96. The number of amidine groups is 1. The highest BCUT2D eigenvalue weighted by molar-refractivity contribution is 6.48. The van der Waals surface area contributed by atoms with Crippen molar-refractivity contribution in [1.29, 1.82) is 0 Å². The summed E-state index contributed by atoms with van der Waals surface area (Å²) >= 11 is 0. The monoisotopic (exact) mass is 770 g/mol. The summed E-state index contributed by atoms with van der Waals surface area (Å²) < 4.78 is 19.2. The van der Waals surface area contributed by atoms with Gasteiger partial charge in [0, 0.05) is 17.5 Å². The van der Waals surface area contributed by atoms with Crippen LogP contribution in [0.1, 0.15) is 93.8 Å². The molecule has 0 radical (unpaired) electrons. The lowest BCUT2D eigenvalue weighted by atomic mass is 9.43. The minimum absolute atomic E-state index is 0.0109. The lowest BCUT2D eigenvalue weighted by Crippen LogP contribution is -2.65. The molecule has 11 heteroatoms. The summed E-state index contributed by atoms with van der Waals surface area (Å²) in [5.41, 5.74) is 3.16. The van der Waals surface area contributed by atoms with Gasteiger partial charge in [0.15, 0.2) is 0 Å². The van der Waals surface area contributed by atoms with Crippen LogP contribution in [0.2, 0.25) is 0 Å². The second kappa shape index (κ2) is 15.5. The number of carbonyl (C=O) groups excluding carboxylic acids is 2. The number of nitrogens with one attached hydrogen (secondary N) is 1. The summed E-state index contributed by atoms with van der Waals surface area (Å²) in [6.07, 6.45) is 10.0. The van der Waals surface area contributed by atoms with Crippen LogP contribution >= 0.6 is 0 Å². The Labute approximate surface area is 337 Å². The molecule has 2 bridgehead atoms. The molecule has 298 valence electrons. The number of aliphatic imine (C=N–C) groups is 1. The highest BCUT2D eigenvalue weighted by Crippen LogP contribution is 2.65. The molecule has 3 saturated carbocycles. The third-order valence-corrected chi connectivity index (χ3v) is 13.6. The van der Waals surface area contributed by atoms with Gasteiger partial charge in [-0.3, -0.25) is 9.69 Å². The molecule has 9 rings (SSSR count). The summed E-state index contributed by atoms with van der Waals surface area (Å²) in [6.45, 7) is 12.5. The molecule has 2 amide bonds. The molecule has 3 aromatic carbocycles. The number of phenolic OH excluding ortho intramolecular Hbond substituents is 1. The number of amides is 2. The number of aromatic hydroxyl groups is 1. The molecule has 2 saturated heterocycles. The van der Waals surface area contributed by atoms with Crippen molar-refractivity contribution in [2.24, 2.45) is 27.7 Å². The Morgan fingerprint density at radius 1 is 1.07 bits per heavy atom. The van der Waals surface area contributed by atoms with Gasteiger partial charge in [-0.1, -0.05) is 107 Å². The van der Waals surface area contributed by atoms with E-state index >= 15 is 0 Å². The Morgan fingerprint density at radius 3 is 2.56 bits per heavy atom. The normalized spacial score (nSPS) is 27.5. The third-order valence-electron chi connectivity index (χ3n) is 13.6. The summed E-state index contributed by atoms with van der Waals surface area (Å²) in [6, 6.07) is 24.5. The van der Waals surface area contributed by atoms with Gasteiger partial charge in [-0.25, -0.2) is 9.79 Å². The molecule has 5 fully saturated rings. The zero-order valence-electron chi connectivity index (χ0n) is 33.8. The smallest absolute Gasteiger partial charge is 0.481 e. The molecule has 0 unspecified atom stereocenters. The van der Waals surface area contributed by atoms with Crippen LogP contribution in [0.15, 0.2) is 102 Å². The molecular weight excluding hydrogens is 715 g/mol. The average molecular weight is 771 g/mol. The van der Waals surface area contributed by atoms with Crippen molar-refractivity contribution in [1.82, 2.24) is 15.1 Å². The Hall–Kier alpha value is -4.87. The first kappa shape index (κ1) is 39.0. The van der Waals surface area contributed by atoms with E-state index < -0.39 is 24.8 Å². The van der Waals surface area contributed by atoms with Crippen molar-refractivity contribution in [2.75, 3.05) is 13.1 Å². The lowest BCUT2D eigenvalue weighted by molar-refractivity contribution is -0.199. The van der Waals surface area contributed by atoms with E-state index in [1.807, 2.05) is 55.5 Å². The van der Waals surface area contributed by atoms with E-state index in [9.17, 15) is 14.7 Å². The van der Waals surface area contributed by atoms with Gasteiger partial charge in [0.05, 0.1) is 42.6 Å². The van der Waals surface area contributed by atoms with Crippen molar-refractivity contribution in [2.45, 2.75) is 97.5 Å². The van der Waals surface area contributed by atoms with Crippen molar-refractivity contribution in [3.8, 4) is 5.75 Å². The fourth-order valence-electron chi connectivity index (χ4n) is 9.96. The second-order valence-electron chi connectivity index (χ2n) is 17.6. The van der Waals surface area contributed by atoms with Crippen molar-refractivity contribution >= 4 is 31.0 Å². The number of rotatable bonds is 12. The van der Waals surface area contributed by atoms with E-state index in [0.717, 1.165) is 49.2 Å². The minimum atomic E-state index is -0.589. The number of hydrogen-bond donors (Lipinski definition) is 2. The third kappa shape index (κ3) is 7.52. The highest BCUT2D eigenvalue weighted by Gasteiger charge is 2.68. The SMILES string of the molecule is CC[C@H](NC(=O)c1cc(O)ccc1CN(C(=O)OCc1ccccc1)C1=CN=C2N(CC[C@@]2(C)CC=Cc2ccccc2)C1)B1O[C@@H]2C[C@@H]3C[C@@H](C3(C)C)[C@]2(C)O1. The average Bonchev–Trinajstić information content (AvgIpc) is 3.75. The van der Waals surface area contributed by atoms with Gasteiger partial charge in [-0.15, -0.1) is 0 Å². The largest absolute Gasteiger partial charge is 0.508 e. The molecule has 3 aliphatic carbocycles. The number of carbonyl (C=O) groups is 2. The van der Waals surface area contributed by atoms with Crippen molar-refractivity contribution in [3.63, 3.8) is 0 Å². The van der Waals surface area contributed by atoms with E-state index in [4.69, 9.17) is 19.0 Å². The summed E-state index contributed by atoms with van der Waals surface area (Å²) in [5, 5.41) is 13.8. The maximum absolute atomic E-state index is 14.2. The summed E-state index contributed by atoms with van der Waals surface area (Å²) in [4.78, 5) is 37.1. The number of fused-ring (bicyclic) bond motifs is 1. The van der Waals surface area contributed by atoms with E-state index in [-0.39, 0.29) is 47.3 Å². The van der Waals surface area contributed by atoms with Crippen LogP contribution in [0.4, 0.5) is 4.79 Å². The van der Waals surface area contributed by atoms with Gasteiger partial charge in [-0.2, -0.15) is 0 Å². The number of nitrogens with zero attached hydrogens (tertiary/aromatic N) is 3. The lowest BCUT2D eigenvalue weighted by Gasteiger charge is -2.64. The Balaban J connectivity index is 1.02. The molecule has 3 aliphatic heterocycles. The van der Waals surface area contributed by atoms with Gasteiger partial charge < -0.3 is 29.4 Å². The predicted octanol–water partition coefficient (Wildman–Crippen LogP) is 8.38. The Bertz CT molecular complexity index is 2070. The molecule has 3 aromatic rings. The van der Waals surface area contributed by atoms with Gasteiger partial charge in [0.2, 0.25) is 0 Å². The molecule has 0 aromatic heterocycles.